The molecule has 0 unspecified atom stereocenters. The molecule has 0 radical (unpaired) electrons. The average molecular weight is 535 g/mol. The first-order chi connectivity index (χ1) is 16.8. The van der Waals surface area contributed by atoms with Crippen LogP contribution in [0.4, 0.5) is 5.69 Å². The molecular formula is C25H27ClN2O5S2. The summed E-state index contributed by atoms with van der Waals surface area (Å²) in [5.41, 5.74) is 0.318. The number of anilines is 1. The highest BCUT2D eigenvalue weighted by molar-refractivity contribution is 7.99. The smallest absolute Gasteiger partial charge is 0.264 e. The molecule has 3 aromatic carbocycles. The molecule has 0 saturated carbocycles. The van der Waals surface area contributed by atoms with Crippen LogP contribution in [-0.2, 0) is 14.8 Å². The molecule has 3 rings (SSSR count). The van der Waals surface area contributed by atoms with Crippen molar-refractivity contribution in [3.05, 3.63) is 77.8 Å². The molecule has 0 spiro atoms. The molecule has 186 valence electrons. The van der Waals surface area contributed by atoms with Gasteiger partial charge in [-0.1, -0.05) is 29.8 Å². The molecule has 10 heteroatoms. The highest BCUT2D eigenvalue weighted by Crippen LogP contribution is 2.32. The zero-order valence-electron chi connectivity index (χ0n) is 19.4. The van der Waals surface area contributed by atoms with Gasteiger partial charge in [0.25, 0.3) is 10.0 Å². The van der Waals surface area contributed by atoms with E-state index in [1.807, 2.05) is 30.3 Å². The van der Waals surface area contributed by atoms with E-state index in [4.69, 9.17) is 21.1 Å². The van der Waals surface area contributed by atoms with E-state index >= 15 is 0 Å². The summed E-state index contributed by atoms with van der Waals surface area (Å²) in [5.74, 6) is 1.09. The van der Waals surface area contributed by atoms with Crippen LogP contribution in [0.2, 0.25) is 5.02 Å². The van der Waals surface area contributed by atoms with Gasteiger partial charge < -0.3 is 14.8 Å². The van der Waals surface area contributed by atoms with E-state index < -0.39 is 15.9 Å². The zero-order chi connectivity index (χ0) is 25.3. The summed E-state index contributed by atoms with van der Waals surface area (Å²) in [4.78, 5) is 13.9. The van der Waals surface area contributed by atoms with Gasteiger partial charge in [0.1, 0.15) is 6.54 Å². The minimum absolute atomic E-state index is 0.0304. The number of carbonyl (C=O) groups is 1. The lowest BCUT2D eigenvalue weighted by Gasteiger charge is -2.24. The fourth-order valence-electron chi connectivity index (χ4n) is 3.22. The lowest BCUT2D eigenvalue weighted by molar-refractivity contribution is -0.119. The Morgan fingerprint density at radius 3 is 2.31 bits per heavy atom. The fraction of sp³-hybridized carbons (Fsp3) is 0.240. The Bertz CT molecular complexity index is 1220. The predicted octanol–water partition coefficient (Wildman–Crippen LogP) is 4.85. The van der Waals surface area contributed by atoms with Gasteiger partial charge >= 0.3 is 0 Å². The van der Waals surface area contributed by atoms with E-state index in [9.17, 15) is 13.2 Å². The minimum Gasteiger partial charge on any atom is -0.493 e. The van der Waals surface area contributed by atoms with Crippen molar-refractivity contribution in [3.8, 4) is 11.5 Å². The second kappa shape index (κ2) is 12.7. The number of thioether (sulfide) groups is 1. The maximum atomic E-state index is 13.6. The zero-order valence-corrected chi connectivity index (χ0v) is 21.8. The van der Waals surface area contributed by atoms with Crippen molar-refractivity contribution in [1.29, 1.82) is 0 Å². The van der Waals surface area contributed by atoms with Gasteiger partial charge in [0.2, 0.25) is 5.91 Å². The molecule has 0 atom stereocenters. The Morgan fingerprint density at radius 1 is 0.971 bits per heavy atom. The van der Waals surface area contributed by atoms with E-state index in [2.05, 4.69) is 5.32 Å². The topological polar surface area (TPSA) is 84.9 Å². The molecule has 0 bridgehead atoms. The minimum atomic E-state index is -4.10. The van der Waals surface area contributed by atoms with Crippen molar-refractivity contribution >= 4 is 45.0 Å². The highest BCUT2D eigenvalue weighted by atomic mass is 35.5. The van der Waals surface area contributed by atoms with Gasteiger partial charge in [-0.3, -0.25) is 9.10 Å². The number of benzene rings is 3. The summed E-state index contributed by atoms with van der Waals surface area (Å²) >= 11 is 7.69. The number of sulfonamides is 1. The number of halogens is 1. The fourth-order valence-corrected chi connectivity index (χ4v) is 5.66. The monoisotopic (exact) mass is 534 g/mol. The third-order valence-electron chi connectivity index (χ3n) is 5.00. The first-order valence-corrected chi connectivity index (χ1v) is 13.6. The van der Waals surface area contributed by atoms with E-state index in [1.165, 1.54) is 32.4 Å². The van der Waals surface area contributed by atoms with Crippen LogP contribution in [0.25, 0.3) is 0 Å². The molecule has 0 aliphatic carbocycles. The Kier molecular flexibility index (Phi) is 9.71. The number of hydrogen-bond acceptors (Lipinski definition) is 6. The van der Waals surface area contributed by atoms with E-state index in [-0.39, 0.29) is 17.2 Å². The lowest BCUT2D eigenvalue weighted by Crippen LogP contribution is -2.41. The van der Waals surface area contributed by atoms with Gasteiger partial charge in [-0.2, -0.15) is 0 Å². The van der Waals surface area contributed by atoms with Gasteiger partial charge in [0, 0.05) is 22.5 Å². The Balaban J connectivity index is 1.72. The number of carbonyl (C=O) groups excluding carboxylic acids is 1. The Hall–Kier alpha value is -2.88. The van der Waals surface area contributed by atoms with Crippen LogP contribution in [-0.4, -0.2) is 47.4 Å². The van der Waals surface area contributed by atoms with Crippen LogP contribution < -0.4 is 19.1 Å². The lowest BCUT2D eigenvalue weighted by atomic mass is 10.3. The Morgan fingerprint density at radius 2 is 1.66 bits per heavy atom. The largest absolute Gasteiger partial charge is 0.493 e. The number of rotatable bonds is 12. The molecule has 0 aromatic heterocycles. The number of ether oxygens (including phenoxy) is 2. The Labute approximate surface area is 215 Å². The molecule has 0 heterocycles. The number of methoxy groups -OCH3 is 2. The van der Waals surface area contributed by atoms with Crippen molar-refractivity contribution in [1.82, 2.24) is 5.32 Å². The second-order valence-corrected chi connectivity index (χ2v) is 10.8. The summed E-state index contributed by atoms with van der Waals surface area (Å²) in [5, 5.41) is 3.27. The summed E-state index contributed by atoms with van der Waals surface area (Å²) in [6.45, 7) is 0.0493. The molecule has 0 aliphatic rings. The molecule has 0 aliphatic heterocycles. The first-order valence-electron chi connectivity index (χ1n) is 10.8. The predicted molar refractivity (Wildman–Crippen MR) is 140 cm³/mol. The third kappa shape index (κ3) is 7.30. The van der Waals surface area contributed by atoms with E-state index in [0.29, 0.717) is 23.0 Å². The average Bonchev–Trinajstić information content (AvgIpc) is 2.87. The number of nitrogens with one attached hydrogen (secondary N) is 1. The molecular weight excluding hydrogens is 508 g/mol. The van der Waals surface area contributed by atoms with Gasteiger partial charge in [-0.05, 0) is 60.7 Å². The second-order valence-electron chi connectivity index (χ2n) is 7.37. The third-order valence-corrected chi connectivity index (χ3v) is 8.12. The van der Waals surface area contributed by atoms with Gasteiger partial charge in [-0.25, -0.2) is 8.42 Å². The molecule has 1 amide bonds. The van der Waals surface area contributed by atoms with E-state index in [0.717, 1.165) is 21.4 Å². The molecule has 7 nitrogen and oxygen atoms in total. The van der Waals surface area contributed by atoms with Crippen LogP contribution in [0.3, 0.4) is 0 Å². The maximum absolute atomic E-state index is 13.6. The van der Waals surface area contributed by atoms with Gasteiger partial charge in [0.15, 0.2) is 11.5 Å². The number of amides is 1. The van der Waals surface area contributed by atoms with Crippen LogP contribution in [0, 0.1) is 0 Å². The van der Waals surface area contributed by atoms with Gasteiger partial charge in [-0.15, -0.1) is 11.8 Å². The standard InChI is InChI=1S/C25H27ClN2O5S2/c1-32-23-14-13-22(17-24(23)33-2)35(30,31)28(20-11-9-19(26)10-12-20)18-25(29)27-15-6-16-34-21-7-4-3-5-8-21/h3-5,7-14,17H,6,15-16,18H2,1-2H3,(H,27,29). The molecule has 0 fully saturated rings. The summed E-state index contributed by atoms with van der Waals surface area (Å²) in [6.07, 6.45) is 0.745. The van der Waals surface area contributed by atoms with Crippen LogP contribution >= 0.6 is 23.4 Å². The van der Waals surface area contributed by atoms with Crippen LogP contribution in [0.5, 0.6) is 11.5 Å². The normalized spacial score (nSPS) is 11.1. The SMILES string of the molecule is COc1ccc(S(=O)(=O)N(CC(=O)NCCCSc2ccccc2)c2ccc(Cl)cc2)cc1OC. The quantitative estimate of drug-likeness (QED) is 0.264. The number of hydrogen-bond donors (Lipinski definition) is 1. The van der Waals surface area contributed by atoms with Crippen molar-refractivity contribution in [2.75, 3.05) is 37.4 Å². The maximum Gasteiger partial charge on any atom is 0.264 e. The van der Waals surface area contributed by atoms with Crippen LogP contribution in [0.1, 0.15) is 6.42 Å². The molecule has 1 N–H and O–H groups in total. The summed E-state index contributed by atoms with van der Waals surface area (Å²) in [7, 11) is -1.21. The molecule has 35 heavy (non-hydrogen) atoms. The van der Waals surface area contributed by atoms with Crippen LogP contribution in [0.15, 0.2) is 82.6 Å². The summed E-state index contributed by atoms with van der Waals surface area (Å²) < 4.78 is 38.6. The van der Waals surface area contributed by atoms with Crippen molar-refractivity contribution in [3.63, 3.8) is 0 Å². The number of nitrogens with zero attached hydrogens (tertiary/aromatic N) is 1. The highest BCUT2D eigenvalue weighted by Gasteiger charge is 2.28. The first kappa shape index (κ1) is 26.7. The van der Waals surface area contributed by atoms with Crippen molar-refractivity contribution in [2.24, 2.45) is 0 Å². The van der Waals surface area contributed by atoms with Crippen molar-refractivity contribution in [2.45, 2.75) is 16.2 Å². The van der Waals surface area contributed by atoms with Crippen molar-refractivity contribution < 1.29 is 22.7 Å². The molecule has 0 saturated heterocycles. The van der Waals surface area contributed by atoms with Gasteiger partial charge in [0.05, 0.1) is 24.8 Å². The van der Waals surface area contributed by atoms with E-state index in [1.54, 1.807) is 36.0 Å². The summed E-state index contributed by atoms with van der Waals surface area (Å²) in [6, 6.07) is 20.6. The molecule has 3 aromatic rings.